The van der Waals surface area contributed by atoms with Gasteiger partial charge in [-0.05, 0) is 6.07 Å². The molecule has 5 heteroatoms. The molecule has 1 aliphatic rings. The lowest BCUT2D eigenvalue weighted by Crippen LogP contribution is -2.06. The summed E-state index contributed by atoms with van der Waals surface area (Å²) >= 11 is 5.85. The van der Waals surface area contributed by atoms with Gasteiger partial charge in [0.15, 0.2) is 11.5 Å². The maximum Gasteiger partial charge on any atom is 0.231 e. The quantitative estimate of drug-likeness (QED) is 0.514. The van der Waals surface area contributed by atoms with Crippen molar-refractivity contribution in [2.45, 2.75) is 0 Å². The molecule has 0 unspecified atom stereocenters. The monoisotopic (exact) mass is 186 g/mol. The van der Waals surface area contributed by atoms with Gasteiger partial charge in [-0.25, -0.2) is 0 Å². The number of hydrogen-bond acceptors (Lipinski definition) is 4. The van der Waals surface area contributed by atoms with Crippen molar-refractivity contribution in [3.63, 3.8) is 0 Å². The molecule has 0 saturated heterocycles. The third-order valence-corrected chi connectivity index (χ3v) is 1.87. The van der Waals surface area contributed by atoms with Gasteiger partial charge < -0.3 is 14.9 Å². The molecule has 0 spiro atoms. The predicted molar refractivity (Wildman–Crippen MR) is 45.4 cm³/mol. The first-order valence-corrected chi connectivity index (χ1v) is 3.75. The summed E-state index contributed by atoms with van der Waals surface area (Å²) in [7, 11) is 0. The van der Waals surface area contributed by atoms with Crippen LogP contribution in [0, 0.1) is 0 Å². The molecule has 0 bridgehead atoms. The number of fused-ring (bicyclic) bond motifs is 1. The zero-order valence-corrected chi connectivity index (χ0v) is 6.89. The summed E-state index contributed by atoms with van der Waals surface area (Å²) in [4.78, 5) is 0. The van der Waals surface area contributed by atoms with Crippen LogP contribution in [0.3, 0.4) is 0 Å². The maximum absolute atomic E-state index is 5.85. The smallest absolute Gasteiger partial charge is 0.231 e. The molecule has 1 aromatic carbocycles. The van der Waals surface area contributed by atoms with Crippen molar-refractivity contribution >= 4 is 17.3 Å². The Morgan fingerprint density at radius 3 is 3.00 bits per heavy atom. The number of ether oxygens (including phenoxy) is 2. The van der Waals surface area contributed by atoms with Gasteiger partial charge >= 0.3 is 0 Å². The number of halogens is 1. The van der Waals surface area contributed by atoms with Crippen LogP contribution >= 0.6 is 11.6 Å². The summed E-state index contributed by atoms with van der Waals surface area (Å²) in [6.07, 6.45) is 0. The zero-order valence-electron chi connectivity index (χ0n) is 6.13. The van der Waals surface area contributed by atoms with Crippen molar-refractivity contribution in [1.82, 2.24) is 0 Å². The van der Waals surface area contributed by atoms with Crippen LogP contribution in [0.5, 0.6) is 11.5 Å². The average Bonchev–Trinajstić information content (AvgIpc) is 2.52. The summed E-state index contributed by atoms with van der Waals surface area (Å²) in [5.74, 6) is 6.41. The van der Waals surface area contributed by atoms with Crippen LogP contribution in [0.2, 0.25) is 5.02 Å². The van der Waals surface area contributed by atoms with Crippen LogP contribution in [-0.4, -0.2) is 6.79 Å². The van der Waals surface area contributed by atoms with Crippen LogP contribution in [0.15, 0.2) is 12.1 Å². The second kappa shape index (κ2) is 2.73. The Bertz CT molecular complexity index is 317. The Labute approximate surface area is 74.2 Å². The Kier molecular flexibility index (Phi) is 1.71. The minimum atomic E-state index is 0.211. The Morgan fingerprint density at radius 2 is 2.25 bits per heavy atom. The molecule has 0 radical (unpaired) electrons. The standard InChI is InChI=1S/C7H7ClN2O2/c8-5-1-4(10-9)2-6-7(5)12-3-11-6/h1-2,10H,3,9H2. The van der Waals surface area contributed by atoms with Gasteiger partial charge in [0.25, 0.3) is 0 Å². The van der Waals surface area contributed by atoms with Crippen molar-refractivity contribution < 1.29 is 9.47 Å². The fourth-order valence-electron chi connectivity index (χ4n) is 1.05. The number of benzene rings is 1. The Morgan fingerprint density at radius 1 is 1.42 bits per heavy atom. The molecule has 64 valence electrons. The molecule has 0 atom stereocenters. The third-order valence-electron chi connectivity index (χ3n) is 1.59. The number of nitrogen functional groups attached to an aromatic ring is 1. The van der Waals surface area contributed by atoms with Gasteiger partial charge in [0.05, 0.1) is 10.7 Å². The fourth-order valence-corrected chi connectivity index (χ4v) is 1.32. The molecule has 12 heavy (non-hydrogen) atoms. The van der Waals surface area contributed by atoms with E-state index in [0.29, 0.717) is 22.2 Å². The largest absolute Gasteiger partial charge is 0.453 e. The molecule has 0 amide bonds. The SMILES string of the molecule is NNc1cc(Cl)c2c(c1)OCO2. The highest BCUT2D eigenvalue weighted by atomic mass is 35.5. The molecule has 0 saturated carbocycles. The summed E-state index contributed by atoms with van der Waals surface area (Å²) in [6.45, 7) is 0.211. The highest BCUT2D eigenvalue weighted by Gasteiger charge is 2.17. The molecule has 2 rings (SSSR count). The van der Waals surface area contributed by atoms with E-state index < -0.39 is 0 Å². The van der Waals surface area contributed by atoms with Crippen LogP contribution in [0.25, 0.3) is 0 Å². The lowest BCUT2D eigenvalue weighted by Gasteiger charge is -2.02. The van der Waals surface area contributed by atoms with Crippen LogP contribution in [0.1, 0.15) is 0 Å². The molecule has 3 N–H and O–H groups in total. The van der Waals surface area contributed by atoms with Crippen molar-refractivity contribution in [2.75, 3.05) is 12.2 Å². The second-order valence-corrected chi connectivity index (χ2v) is 2.74. The third kappa shape index (κ3) is 1.05. The zero-order chi connectivity index (χ0) is 8.55. The molecule has 0 aliphatic carbocycles. The first kappa shape index (κ1) is 7.52. The van der Waals surface area contributed by atoms with Crippen LogP contribution in [0.4, 0.5) is 5.69 Å². The molecular weight excluding hydrogens is 180 g/mol. The molecule has 1 heterocycles. The van der Waals surface area contributed by atoms with Gasteiger partial charge in [-0.15, -0.1) is 0 Å². The Hall–Kier alpha value is -1.13. The van der Waals surface area contributed by atoms with Gasteiger partial charge in [0.2, 0.25) is 6.79 Å². The van der Waals surface area contributed by atoms with Gasteiger partial charge in [-0.2, -0.15) is 0 Å². The fraction of sp³-hybridized carbons (Fsp3) is 0.143. The van der Waals surface area contributed by atoms with Gasteiger partial charge in [-0.1, -0.05) is 11.6 Å². The topological polar surface area (TPSA) is 56.5 Å². The second-order valence-electron chi connectivity index (χ2n) is 2.34. The lowest BCUT2D eigenvalue weighted by molar-refractivity contribution is 0.174. The highest BCUT2D eigenvalue weighted by molar-refractivity contribution is 6.32. The highest BCUT2D eigenvalue weighted by Crippen LogP contribution is 2.40. The van der Waals surface area contributed by atoms with E-state index in [-0.39, 0.29) is 6.79 Å². The summed E-state index contributed by atoms with van der Waals surface area (Å²) < 4.78 is 10.2. The van der Waals surface area contributed by atoms with Crippen molar-refractivity contribution in [1.29, 1.82) is 0 Å². The first-order valence-electron chi connectivity index (χ1n) is 3.37. The van der Waals surface area contributed by atoms with E-state index in [0.717, 1.165) is 0 Å². The minimum absolute atomic E-state index is 0.211. The lowest BCUT2D eigenvalue weighted by atomic mass is 10.3. The van der Waals surface area contributed by atoms with E-state index in [9.17, 15) is 0 Å². The van der Waals surface area contributed by atoms with Crippen molar-refractivity contribution in [2.24, 2.45) is 5.84 Å². The van der Waals surface area contributed by atoms with Crippen LogP contribution < -0.4 is 20.7 Å². The van der Waals surface area contributed by atoms with E-state index in [1.165, 1.54) is 0 Å². The summed E-state index contributed by atoms with van der Waals surface area (Å²) in [6, 6.07) is 3.41. The van der Waals surface area contributed by atoms with Gasteiger partial charge in [-0.3, -0.25) is 5.84 Å². The van der Waals surface area contributed by atoms with E-state index in [4.69, 9.17) is 26.9 Å². The molecule has 0 aromatic heterocycles. The summed E-state index contributed by atoms with van der Waals surface area (Å²) in [5.41, 5.74) is 3.18. The van der Waals surface area contributed by atoms with Crippen molar-refractivity contribution in [3.8, 4) is 11.5 Å². The van der Waals surface area contributed by atoms with Gasteiger partial charge in [0, 0.05) is 6.07 Å². The summed E-state index contributed by atoms with van der Waals surface area (Å²) in [5, 5.41) is 0.498. The molecule has 0 fully saturated rings. The van der Waals surface area contributed by atoms with E-state index in [1.54, 1.807) is 12.1 Å². The minimum Gasteiger partial charge on any atom is -0.453 e. The first-order chi connectivity index (χ1) is 5.81. The number of nitrogens with one attached hydrogen (secondary N) is 1. The van der Waals surface area contributed by atoms with Crippen LogP contribution in [-0.2, 0) is 0 Å². The predicted octanol–water partition coefficient (Wildman–Crippen LogP) is 1.35. The number of hydrogen-bond donors (Lipinski definition) is 2. The normalized spacial score (nSPS) is 13.2. The molecule has 4 nitrogen and oxygen atoms in total. The van der Waals surface area contributed by atoms with Crippen molar-refractivity contribution in [3.05, 3.63) is 17.2 Å². The number of rotatable bonds is 1. The Balaban J connectivity index is 2.51. The van der Waals surface area contributed by atoms with Gasteiger partial charge in [0.1, 0.15) is 0 Å². The van der Waals surface area contributed by atoms with E-state index in [1.807, 2.05) is 0 Å². The molecule has 1 aliphatic heterocycles. The maximum atomic E-state index is 5.85. The number of nitrogens with two attached hydrogens (primary N) is 1. The number of hydrazine groups is 1. The molecule has 1 aromatic rings. The molecular formula is C7H7ClN2O2. The number of anilines is 1. The van der Waals surface area contributed by atoms with E-state index in [2.05, 4.69) is 5.43 Å². The average molecular weight is 187 g/mol. The van der Waals surface area contributed by atoms with E-state index >= 15 is 0 Å².